The minimum Gasteiger partial charge on any atom is -0.462 e. The Kier molecular flexibility index (Phi) is 5.49. The van der Waals surface area contributed by atoms with Gasteiger partial charge in [-0.3, -0.25) is 14.4 Å². The molecular formula is C21H28O8. The van der Waals surface area contributed by atoms with Crippen molar-refractivity contribution in [1.29, 1.82) is 0 Å². The lowest BCUT2D eigenvalue weighted by Crippen LogP contribution is -2.52. The predicted molar refractivity (Wildman–Crippen MR) is 99.2 cm³/mol. The quantitative estimate of drug-likeness (QED) is 0.396. The Labute approximate surface area is 169 Å². The summed E-state index contributed by atoms with van der Waals surface area (Å²) >= 11 is 0. The molecule has 8 heteroatoms. The van der Waals surface area contributed by atoms with Crippen molar-refractivity contribution in [2.45, 2.75) is 71.9 Å². The zero-order valence-corrected chi connectivity index (χ0v) is 17.4. The molecule has 0 amide bonds. The van der Waals surface area contributed by atoms with Gasteiger partial charge in [0, 0.05) is 44.1 Å². The molecule has 2 saturated carbocycles. The van der Waals surface area contributed by atoms with Crippen LogP contribution in [-0.4, -0.2) is 48.3 Å². The molecule has 2 aliphatic carbocycles. The smallest absolute Gasteiger partial charge is 0.334 e. The van der Waals surface area contributed by atoms with Crippen molar-refractivity contribution in [3.8, 4) is 0 Å². The third-order valence-electron chi connectivity index (χ3n) is 6.66. The van der Waals surface area contributed by atoms with Gasteiger partial charge in [0.05, 0.1) is 5.92 Å². The zero-order chi connectivity index (χ0) is 21.7. The van der Waals surface area contributed by atoms with Crippen molar-refractivity contribution in [3.63, 3.8) is 0 Å². The predicted octanol–water partition coefficient (Wildman–Crippen LogP) is 1.95. The van der Waals surface area contributed by atoms with Gasteiger partial charge in [-0.1, -0.05) is 20.4 Å². The van der Waals surface area contributed by atoms with Gasteiger partial charge in [-0.15, -0.1) is 0 Å². The molecule has 160 valence electrons. The van der Waals surface area contributed by atoms with Crippen LogP contribution in [0, 0.1) is 23.2 Å². The van der Waals surface area contributed by atoms with E-state index in [1.807, 2.05) is 13.8 Å². The van der Waals surface area contributed by atoms with E-state index in [0.29, 0.717) is 12.8 Å². The van der Waals surface area contributed by atoms with Crippen molar-refractivity contribution >= 4 is 23.9 Å². The summed E-state index contributed by atoms with van der Waals surface area (Å²) in [5.74, 6) is -2.83. The average Bonchev–Trinajstić information content (AvgIpc) is 2.95. The largest absolute Gasteiger partial charge is 0.462 e. The van der Waals surface area contributed by atoms with E-state index in [4.69, 9.17) is 18.9 Å². The first-order valence-electron chi connectivity index (χ1n) is 9.88. The third kappa shape index (κ3) is 3.53. The molecular weight excluding hydrogens is 380 g/mol. The molecule has 8 atom stereocenters. The van der Waals surface area contributed by atoms with Crippen LogP contribution in [0.5, 0.6) is 0 Å². The van der Waals surface area contributed by atoms with Crippen LogP contribution in [-0.2, 0) is 38.1 Å². The first-order chi connectivity index (χ1) is 13.5. The van der Waals surface area contributed by atoms with Gasteiger partial charge in [-0.2, -0.15) is 0 Å². The Hall–Kier alpha value is -2.38. The highest BCUT2D eigenvalue weighted by Gasteiger charge is 2.67. The average molecular weight is 408 g/mol. The molecule has 3 aliphatic rings. The monoisotopic (exact) mass is 408 g/mol. The van der Waals surface area contributed by atoms with E-state index in [1.54, 1.807) is 0 Å². The Morgan fingerprint density at radius 3 is 2.17 bits per heavy atom. The highest BCUT2D eigenvalue weighted by atomic mass is 16.6. The van der Waals surface area contributed by atoms with Gasteiger partial charge in [0.15, 0.2) is 0 Å². The standard InChI is InChI=1S/C21H28O8/c1-9-7-14-17(10(2)20(25)29-14)19(28-13(5)24)21(6)16(27-12(4)23)8-15(18(9)21)26-11(3)22/h9,14-19H,2,7-8H2,1,3-6H3/t9-,14+,15+,16+,17-,18-,19+,21-/m1/s1. The summed E-state index contributed by atoms with van der Waals surface area (Å²) in [6.45, 7) is 11.7. The lowest BCUT2D eigenvalue weighted by Gasteiger charge is -2.44. The number of ether oxygens (including phenoxy) is 4. The van der Waals surface area contributed by atoms with Crippen LogP contribution in [0.25, 0.3) is 0 Å². The van der Waals surface area contributed by atoms with E-state index in [2.05, 4.69) is 6.58 Å². The molecule has 1 heterocycles. The number of hydrogen-bond acceptors (Lipinski definition) is 8. The van der Waals surface area contributed by atoms with Crippen molar-refractivity contribution in [1.82, 2.24) is 0 Å². The van der Waals surface area contributed by atoms with E-state index in [1.165, 1.54) is 20.8 Å². The SMILES string of the molecule is C=C1C(=O)O[C@H]2C[C@@H](C)[C@@H]3[C@@H](OC(C)=O)C[C@H](OC(C)=O)[C@@]3(C)[C@@H](OC(C)=O)[C@H]12. The Balaban J connectivity index is 2.15. The van der Waals surface area contributed by atoms with E-state index < -0.39 is 59.6 Å². The van der Waals surface area contributed by atoms with Crippen LogP contribution < -0.4 is 0 Å². The van der Waals surface area contributed by atoms with Gasteiger partial charge in [0.25, 0.3) is 0 Å². The molecule has 0 unspecified atom stereocenters. The summed E-state index contributed by atoms with van der Waals surface area (Å²) < 4.78 is 22.6. The van der Waals surface area contributed by atoms with Crippen molar-refractivity contribution in [2.24, 2.45) is 23.2 Å². The number of fused-ring (bicyclic) bond motifs is 2. The maximum atomic E-state index is 12.2. The van der Waals surface area contributed by atoms with Crippen LogP contribution in [0.1, 0.15) is 47.5 Å². The van der Waals surface area contributed by atoms with E-state index >= 15 is 0 Å². The lowest BCUT2D eigenvalue weighted by atomic mass is 9.66. The normalized spacial score (nSPS) is 40.9. The molecule has 0 bridgehead atoms. The molecule has 0 spiro atoms. The molecule has 0 aromatic heterocycles. The van der Waals surface area contributed by atoms with Crippen molar-refractivity contribution < 1.29 is 38.1 Å². The summed E-state index contributed by atoms with van der Waals surface area (Å²) in [7, 11) is 0. The van der Waals surface area contributed by atoms with Crippen LogP contribution in [0.2, 0.25) is 0 Å². The molecule has 0 aromatic rings. The van der Waals surface area contributed by atoms with Crippen molar-refractivity contribution in [3.05, 3.63) is 12.2 Å². The maximum absolute atomic E-state index is 12.2. The number of carbonyl (C=O) groups excluding carboxylic acids is 4. The number of hydrogen-bond donors (Lipinski definition) is 0. The second-order valence-electron chi connectivity index (χ2n) is 8.61. The Morgan fingerprint density at radius 2 is 1.62 bits per heavy atom. The summed E-state index contributed by atoms with van der Waals surface area (Å²) in [5.41, 5.74) is -0.652. The molecule has 0 N–H and O–H groups in total. The molecule has 0 radical (unpaired) electrons. The topological polar surface area (TPSA) is 105 Å². The first kappa shape index (κ1) is 21.3. The third-order valence-corrected chi connectivity index (χ3v) is 6.66. The Morgan fingerprint density at radius 1 is 1.03 bits per heavy atom. The molecule has 29 heavy (non-hydrogen) atoms. The molecule has 0 aromatic carbocycles. The summed E-state index contributed by atoms with van der Waals surface area (Å²) in [6, 6.07) is 0. The lowest BCUT2D eigenvalue weighted by molar-refractivity contribution is -0.178. The molecule has 1 aliphatic heterocycles. The van der Waals surface area contributed by atoms with Crippen molar-refractivity contribution in [2.75, 3.05) is 0 Å². The zero-order valence-electron chi connectivity index (χ0n) is 17.4. The number of rotatable bonds is 3. The van der Waals surface area contributed by atoms with Crippen LogP contribution in [0.4, 0.5) is 0 Å². The van der Waals surface area contributed by atoms with Crippen LogP contribution in [0.15, 0.2) is 12.2 Å². The van der Waals surface area contributed by atoms with Gasteiger partial charge >= 0.3 is 23.9 Å². The summed E-state index contributed by atoms with van der Waals surface area (Å²) in [6.07, 6.45) is -1.71. The molecule has 3 fully saturated rings. The maximum Gasteiger partial charge on any atom is 0.334 e. The molecule has 3 rings (SSSR count). The molecule has 8 nitrogen and oxygen atoms in total. The number of esters is 4. The first-order valence-corrected chi connectivity index (χ1v) is 9.88. The minimum absolute atomic E-state index is 0.0586. The van der Waals surface area contributed by atoms with Gasteiger partial charge in [-0.05, 0) is 12.3 Å². The van der Waals surface area contributed by atoms with Crippen LogP contribution >= 0.6 is 0 Å². The molecule has 1 saturated heterocycles. The summed E-state index contributed by atoms with van der Waals surface area (Å²) in [5, 5.41) is 0. The van der Waals surface area contributed by atoms with Gasteiger partial charge in [0.2, 0.25) is 0 Å². The Bertz CT molecular complexity index is 758. The van der Waals surface area contributed by atoms with E-state index in [9.17, 15) is 19.2 Å². The van der Waals surface area contributed by atoms with Gasteiger partial charge in [-0.25, -0.2) is 4.79 Å². The second kappa shape index (κ2) is 7.46. The summed E-state index contributed by atoms with van der Waals surface area (Å²) in [4.78, 5) is 47.9. The highest BCUT2D eigenvalue weighted by Crippen LogP contribution is 2.59. The van der Waals surface area contributed by atoms with E-state index in [0.717, 1.165) is 0 Å². The van der Waals surface area contributed by atoms with E-state index in [-0.39, 0.29) is 17.4 Å². The highest BCUT2D eigenvalue weighted by molar-refractivity contribution is 5.91. The second-order valence-corrected chi connectivity index (χ2v) is 8.61. The fraction of sp³-hybridized carbons (Fsp3) is 0.714. The fourth-order valence-corrected chi connectivity index (χ4v) is 5.79. The number of carbonyl (C=O) groups is 4. The minimum atomic E-state index is -0.896. The van der Waals surface area contributed by atoms with Crippen LogP contribution in [0.3, 0.4) is 0 Å². The fourth-order valence-electron chi connectivity index (χ4n) is 5.79. The van der Waals surface area contributed by atoms with Gasteiger partial charge in [0.1, 0.15) is 24.4 Å². The van der Waals surface area contributed by atoms with Gasteiger partial charge < -0.3 is 18.9 Å².